The highest BCUT2D eigenvalue weighted by Gasteiger charge is 2.30. The number of carboxylic acids is 1. The third-order valence-corrected chi connectivity index (χ3v) is 2.83. The average molecular weight is 251 g/mol. The predicted octanol–water partition coefficient (Wildman–Crippen LogP) is 1.77. The van der Waals surface area contributed by atoms with Crippen molar-refractivity contribution in [1.82, 2.24) is 0 Å². The lowest BCUT2D eigenvalue weighted by molar-refractivity contribution is -0.136. The van der Waals surface area contributed by atoms with Gasteiger partial charge in [-0.25, -0.2) is 4.79 Å². The van der Waals surface area contributed by atoms with E-state index in [1.807, 2.05) is 0 Å². The minimum absolute atomic E-state index is 0.186. The second-order valence-corrected chi connectivity index (χ2v) is 4.43. The van der Waals surface area contributed by atoms with Crippen molar-refractivity contribution in [3.63, 3.8) is 0 Å². The Morgan fingerprint density at radius 3 is 2.11 bits per heavy atom. The summed E-state index contributed by atoms with van der Waals surface area (Å²) in [5.74, 6) is -1.19. The molecular weight excluding hydrogens is 234 g/mol. The molecule has 0 saturated carbocycles. The normalized spacial score (nSPS) is 11.1. The Bertz CT molecular complexity index is 451. The van der Waals surface area contributed by atoms with Gasteiger partial charge < -0.3 is 14.7 Å². The molecule has 18 heavy (non-hydrogen) atoms. The van der Waals surface area contributed by atoms with Crippen LogP contribution in [0.5, 0.6) is 0 Å². The van der Waals surface area contributed by atoms with Gasteiger partial charge in [-0.2, -0.15) is 0 Å². The summed E-state index contributed by atoms with van der Waals surface area (Å²) < 4.78 is 5.12. The molecule has 0 spiro atoms. The molecule has 0 aliphatic carbocycles. The number of aromatic carboxylic acids is 1. The van der Waals surface area contributed by atoms with Gasteiger partial charge in [0.15, 0.2) is 0 Å². The van der Waals surface area contributed by atoms with Crippen LogP contribution in [0, 0.1) is 0 Å². The predicted molar refractivity (Wildman–Crippen MR) is 67.9 cm³/mol. The Hall–Kier alpha value is -1.88. The Labute approximate surface area is 106 Å². The first-order valence-corrected chi connectivity index (χ1v) is 5.46. The van der Waals surface area contributed by atoms with Crippen LogP contribution < -0.4 is 4.90 Å². The highest BCUT2D eigenvalue weighted by Crippen LogP contribution is 2.19. The van der Waals surface area contributed by atoms with Crippen LogP contribution in [0.25, 0.3) is 0 Å². The number of ether oxygens (including phenoxy) is 1. The lowest BCUT2D eigenvalue weighted by Crippen LogP contribution is -2.44. The Morgan fingerprint density at radius 1 is 1.22 bits per heavy atom. The largest absolute Gasteiger partial charge is 0.478 e. The first-order valence-electron chi connectivity index (χ1n) is 5.46. The molecule has 5 heteroatoms. The first-order chi connectivity index (χ1) is 8.29. The molecule has 0 unspecified atom stereocenters. The van der Waals surface area contributed by atoms with Crippen LogP contribution in [0.2, 0.25) is 0 Å². The quantitative estimate of drug-likeness (QED) is 0.885. The van der Waals surface area contributed by atoms with Crippen molar-refractivity contribution < 1.29 is 19.4 Å². The van der Waals surface area contributed by atoms with Gasteiger partial charge in [-0.3, -0.25) is 4.79 Å². The van der Waals surface area contributed by atoms with Crippen molar-refractivity contribution in [2.75, 3.05) is 19.1 Å². The number of rotatable bonds is 4. The fraction of sp³-hybridized carbons (Fsp3) is 0.385. The number of likely N-dealkylation sites (N-methyl/N-ethyl adjacent to an activating group) is 1. The van der Waals surface area contributed by atoms with E-state index in [9.17, 15) is 9.59 Å². The minimum Gasteiger partial charge on any atom is -0.478 e. The van der Waals surface area contributed by atoms with E-state index in [0.717, 1.165) is 0 Å². The average Bonchev–Trinajstić information content (AvgIpc) is 2.37. The SMILES string of the molecule is COC(C)(C)C(=O)N(C)c1ccc(C(=O)O)cc1. The number of amides is 1. The van der Waals surface area contributed by atoms with Gasteiger partial charge in [-0.15, -0.1) is 0 Å². The van der Waals surface area contributed by atoms with E-state index in [0.29, 0.717) is 5.69 Å². The molecule has 0 saturated heterocycles. The van der Waals surface area contributed by atoms with Crippen LogP contribution in [0.15, 0.2) is 24.3 Å². The van der Waals surface area contributed by atoms with E-state index >= 15 is 0 Å². The van der Waals surface area contributed by atoms with Gasteiger partial charge in [0.25, 0.3) is 5.91 Å². The zero-order valence-corrected chi connectivity index (χ0v) is 10.9. The van der Waals surface area contributed by atoms with Crippen molar-refractivity contribution in [1.29, 1.82) is 0 Å². The summed E-state index contributed by atoms with van der Waals surface area (Å²) in [5, 5.41) is 8.79. The van der Waals surface area contributed by atoms with Gasteiger partial charge in [0, 0.05) is 19.8 Å². The first kappa shape index (κ1) is 14.2. The van der Waals surface area contributed by atoms with E-state index < -0.39 is 11.6 Å². The number of methoxy groups -OCH3 is 1. The molecule has 5 nitrogen and oxygen atoms in total. The molecule has 1 aromatic carbocycles. The summed E-state index contributed by atoms with van der Waals surface area (Å²) in [5.41, 5.74) is -0.110. The van der Waals surface area contributed by atoms with Crippen LogP contribution >= 0.6 is 0 Å². The highest BCUT2D eigenvalue weighted by molar-refractivity contribution is 5.99. The smallest absolute Gasteiger partial charge is 0.335 e. The van der Waals surface area contributed by atoms with E-state index in [4.69, 9.17) is 9.84 Å². The maximum Gasteiger partial charge on any atom is 0.335 e. The van der Waals surface area contributed by atoms with Crippen molar-refractivity contribution in [3.8, 4) is 0 Å². The number of carboxylic acid groups (broad SMARTS) is 1. The van der Waals surface area contributed by atoms with Crippen molar-refractivity contribution in [3.05, 3.63) is 29.8 Å². The summed E-state index contributed by atoms with van der Waals surface area (Å²) >= 11 is 0. The number of carbonyl (C=O) groups excluding carboxylic acids is 1. The molecule has 98 valence electrons. The van der Waals surface area contributed by atoms with E-state index in [2.05, 4.69) is 0 Å². The molecule has 0 radical (unpaired) electrons. The number of benzene rings is 1. The summed E-state index contributed by atoms with van der Waals surface area (Å²) in [6.45, 7) is 3.36. The summed E-state index contributed by atoms with van der Waals surface area (Å²) in [6, 6.07) is 6.10. The number of nitrogens with zero attached hydrogens (tertiary/aromatic N) is 1. The Kier molecular flexibility index (Phi) is 4.08. The van der Waals surface area contributed by atoms with Crippen LogP contribution in [0.3, 0.4) is 0 Å². The molecule has 0 heterocycles. The third kappa shape index (κ3) is 2.87. The summed E-state index contributed by atoms with van der Waals surface area (Å²) in [6.07, 6.45) is 0. The lowest BCUT2D eigenvalue weighted by Gasteiger charge is -2.28. The number of anilines is 1. The highest BCUT2D eigenvalue weighted by atomic mass is 16.5. The summed E-state index contributed by atoms with van der Waals surface area (Å²) in [4.78, 5) is 24.3. The van der Waals surface area contributed by atoms with Crippen LogP contribution in [0.1, 0.15) is 24.2 Å². The number of hydrogen-bond donors (Lipinski definition) is 1. The fourth-order valence-electron chi connectivity index (χ4n) is 1.44. The molecule has 0 aliphatic heterocycles. The van der Waals surface area contributed by atoms with Gasteiger partial charge in [0.2, 0.25) is 0 Å². The second kappa shape index (κ2) is 5.18. The van der Waals surface area contributed by atoms with Gasteiger partial charge in [-0.1, -0.05) is 0 Å². The topological polar surface area (TPSA) is 66.8 Å². The van der Waals surface area contributed by atoms with Crippen molar-refractivity contribution in [2.24, 2.45) is 0 Å². The molecule has 1 rings (SSSR count). The van der Waals surface area contributed by atoms with E-state index in [-0.39, 0.29) is 11.5 Å². The van der Waals surface area contributed by atoms with Crippen molar-refractivity contribution in [2.45, 2.75) is 19.4 Å². The molecule has 0 aromatic heterocycles. The van der Waals surface area contributed by atoms with Crippen LogP contribution in [-0.4, -0.2) is 36.7 Å². The molecular formula is C13H17NO4. The molecule has 1 N–H and O–H groups in total. The molecule has 0 atom stereocenters. The molecule has 0 fully saturated rings. The Balaban J connectivity index is 2.94. The lowest BCUT2D eigenvalue weighted by atomic mass is 10.1. The standard InChI is InChI=1S/C13H17NO4/c1-13(2,18-4)12(17)14(3)10-7-5-9(6-8-10)11(15)16/h5-8H,1-4H3,(H,15,16). The van der Waals surface area contributed by atoms with Gasteiger partial charge in [0.05, 0.1) is 5.56 Å². The van der Waals surface area contributed by atoms with Gasteiger partial charge in [-0.05, 0) is 38.1 Å². The maximum absolute atomic E-state index is 12.1. The maximum atomic E-state index is 12.1. The molecule has 0 aliphatic rings. The van der Waals surface area contributed by atoms with Crippen LogP contribution in [0.4, 0.5) is 5.69 Å². The number of carbonyl (C=O) groups is 2. The van der Waals surface area contributed by atoms with Crippen molar-refractivity contribution >= 4 is 17.6 Å². The van der Waals surface area contributed by atoms with E-state index in [1.165, 1.54) is 24.1 Å². The minimum atomic E-state index is -0.993. The summed E-state index contributed by atoms with van der Waals surface area (Å²) in [7, 11) is 3.10. The third-order valence-electron chi connectivity index (χ3n) is 2.83. The number of hydrogen-bond acceptors (Lipinski definition) is 3. The molecule has 1 amide bonds. The van der Waals surface area contributed by atoms with Crippen LogP contribution in [-0.2, 0) is 9.53 Å². The molecule has 1 aromatic rings. The zero-order chi connectivity index (χ0) is 13.9. The zero-order valence-electron chi connectivity index (χ0n) is 10.9. The van der Waals surface area contributed by atoms with Gasteiger partial charge >= 0.3 is 5.97 Å². The monoisotopic (exact) mass is 251 g/mol. The fourth-order valence-corrected chi connectivity index (χ4v) is 1.44. The Morgan fingerprint density at radius 2 is 1.72 bits per heavy atom. The second-order valence-electron chi connectivity index (χ2n) is 4.43. The van der Waals surface area contributed by atoms with Gasteiger partial charge in [0.1, 0.15) is 5.60 Å². The van der Waals surface area contributed by atoms with E-state index in [1.54, 1.807) is 33.0 Å². The molecule has 0 bridgehead atoms.